The monoisotopic (exact) mass is 523 g/mol. The van der Waals surface area contributed by atoms with Crippen LogP contribution in [0, 0.1) is 6.92 Å². The second kappa shape index (κ2) is 25.7. The number of aryl methyl sites for hydroxylation is 1. The van der Waals surface area contributed by atoms with Gasteiger partial charge in [-0.2, -0.15) is 0 Å². The summed E-state index contributed by atoms with van der Waals surface area (Å²) in [6, 6.07) is 7.19. The van der Waals surface area contributed by atoms with Gasteiger partial charge in [-0.25, -0.2) is 4.79 Å². The zero-order valence-electron chi connectivity index (χ0n) is 25.5. The Bertz CT molecular complexity index is 643. The van der Waals surface area contributed by atoms with E-state index in [-0.39, 0.29) is 19.2 Å². The molecule has 1 aromatic carbocycles. The zero-order chi connectivity index (χ0) is 28.5. The van der Waals surface area contributed by atoms with E-state index < -0.39 is 5.97 Å². The van der Waals surface area contributed by atoms with E-state index in [4.69, 9.17) is 9.47 Å². The van der Waals surface area contributed by atoms with E-state index in [9.17, 15) is 9.59 Å². The van der Waals surface area contributed by atoms with E-state index in [2.05, 4.69) is 56.2 Å². The fraction of sp³-hybridized carbons (Fsp3) is 0.733. The molecule has 7 heteroatoms. The Labute approximate surface area is 228 Å². The Morgan fingerprint density at radius 1 is 0.649 bits per heavy atom. The normalized spacial score (nSPS) is 10.5. The number of ether oxygens (including phenoxy) is 2. The summed E-state index contributed by atoms with van der Waals surface area (Å²) in [5, 5.41) is 0. The van der Waals surface area contributed by atoms with Crippen LogP contribution in [0.5, 0.6) is 0 Å². The topological polar surface area (TPSA) is 62.3 Å². The van der Waals surface area contributed by atoms with Crippen LogP contribution in [0.3, 0.4) is 0 Å². The third kappa shape index (κ3) is 19.8. The SMILES string of the molecule is CC.CCC.CCN(CC)CCN(CCC(=O)OCCOC(=O)c1ccc(C)cc1)CCN(CC)CC. The summed E-state index contributed by atoms with van der Waals surface area (Å²) in [7, 11) is 0. The van der Waals surface area contributed by atoms with Gasteiger partial charge in [0.1, 0.15) is 13.2 Å². The standard InChI is InChI=1S/C25H43N3O4.C3H8.C2H6/c1-6-26(7-2)16-18-28(19-17-27(8-3)9-4)15-14-24(29)31-20-21-32-25(30)23-12-10-22(5)11-13-23;1-3-2;1-2/h10-13H,6-9,14-21H2,1-5H3;3H2,1-2H3;1-2H3. The van der Waals surface area contributed by atoms with Gasteiger partial charge in [-0.3, -0.25) is 4.79 Å². The van der Waals surface area contributed by atoms with E-state index in [0.717, 1.165) is 57.9 Å². The van der Waals surface area contributed by atoms with E-state index in [1.54, 1.807) is 12.1 Å². The fourth-order valence-corrected chi connectivity index (χ4v) is 3.37. The Morgan fingerprint density at radius 2 is 1.05 bits per heavy atom. The highest BCUT2D eigenvalue weighted by molar-refractivity contribution is 5.89. The minimum absolute atomic E-state index is 0.0616. The second-order valence-electron chi connectivity index (χ2n) is 8.57. The van der Waals surface area contributed by atoms with Crippen molar-refractivity contribution in [3.63, 3.8) is 0 Å². The molecule has 0 aromatic heterocycles. The molecule has 0 amide bonds. The Balaban J connectivity index is 0. The van der Waals surface area contributed by atoms with Crippen LogP contribution in [-0.4, -0.2) is 98.8 Å². The maximum atomic E-state index is 12.2. The molecule has 0 radical (unpaired) electrons. The van der Waals surface area contributed by atoms with Crippen LogP contribution in [0.25, 0.3) is 0 Å². The van der Waals surface area contributed by atoms with Crippen molar-refractivity contribution in [2.24, 2.45) is 0 Å². The molecule has 0 fully saturated rings. The predicted molar refractivity (Wildman–Crippen MR) is 156 cm³/mol. The lowest BCUT2D eigenvalue weighted by Gasteiger charge is -2.28. The first-order valence-corrected chi connectivity index (χ1v) is 14.4. The molecule has 0 saturated heterocycles. The van der Waals surface area contributed by atoms with Gasteiger partial charge in [-0.15, -0.1) is 0 Å². The Kier molecular flexibility index (Phi) is 25.8. The highest BCUT2D eigenvalue weighted by Crippen LogP contribution is 2.05. The number of esters is 2. The van der Waals surface area contributed by atoms with Crippen LogP contribution in [0.15, 0.2) is 24.3 Å². The van der Waals surface area contributed by atoms with Crippen molar-refractivity contribution in [1.82, 2.24) is 14.7 Å². The van der Waals surface area contributed by atoms with Crippen LogP contribution in [-0.2, 0) is 14.3 Å². The van der Waals surface area contributed by atoms with Crippen molar-refractivity contribution in [2.45, 2.75) is 75.2 Å². The Hall–Kier alpha value is -1.96. The fourth-order valence-electron chi connectivity index (χ4n) is 3.37. The van der Waals surface area contributed by atoms with Gasteiger partial charge < -0.3 is 24.2 Å². The first-order valence-electron chi connectivity index (χ1n) is 14.4. The third-order valence-corrected chi connectivity index (χ3v) is 5.75. The lowest BCUT2D eigenvalue weighted by Crippen LogP contribution is -2.40. The second-order valence-corrected chi connectivity index (χ2v) is 8.57. The van der Waals surface area contributed by atoms with Crippen LogP contribution in [0.2, 0.25) is 0 Å². The summed E-state index contributed by atoms with van der Waals surface area (Å²) in [5.41, 5.74) is 1.58. The van der Waals surface area contributed by atoms with Crippen molar-refractivity contribution in [3.05, 3.63) is 35.4 Å². The van der Waals surface area contributed by atoms with E-state index >= 15 is 0 Å². The van der Waals surface area contributed by atoms with Gasteiger partial charge in [0.05, 0.1) is 12.0 Å². The summed E-state index contributed by atoms with van der Waals surface area (Å²) < 4.78 is 10.5. The average Bonchev–Trinajstić information content (AvgIpc) is 2.92. The van der Waals surface area contributed by atoms with Gasteiger partial charge in [0.15, 0.2) is 0 Å². The predicted octanol–water partition coefficient (Wildman–Crippen LogP) is 5.51. The summed E-state index contributed by atoms with van der Waals surface area (Å²) in [4.78, 5) is 31.3. The molecule has 0 bridgehead atoms. The van der Waals surface area contributed by atoms with Gasteiger partial charge in [0, 0.05) is 32.7 Å². The molecule has 0 spiro atoms. The molecule has 0 aliphatic carbocycles. The summed E-state index contributed by atoms with van der Waals surface area (Å²) in [5.74, 6) is -0.660. The molecule has 0 aliphatic rings. The van der Waals surface area contributed by atoms with Crippen molar-refractivity contribution in [2.75, 3.05) is 72.1 Å². The molecule has 0 N–H and O–H groups in total. The van der Waals surface area contributed by atoms with E-state index in [1.807, 2.05) is 32.9 Å². The molecular formula is C30H57N3O4. The Morgan fingerprint density at radius 3 is 1.49 bits per heavy atom. The quantitative estimate of drug-likeness (QED) is 0.197. The van der Waals surface area contributed by atoms with Gasteiger partial charge >= 0.3 is 11.9 Å². The minimum Gasteiger partial charge on any atom is -0.462 e. The third-order valence-electron chi connectivity index (χ3n) is 5.75. The van der Waals surface area contributed by atoms with Gasteiger partial charge in [-0.05, 0) is 45.2 Å². The summed E-state index contributed by atoms with van der Waals surface area (Å²) >= 11 is 0. The maximum absolute atomic E-state index is 12.2. The molecular weight excluding hydrogens is 466 g/mol. The first kappa shape index (κ1) is 37.2. The highest BCUT2D eigenvalue weighted by Gasteiger charge is 2.13. The number of hydrogen-bond donors (Lipinski definition) is 0. The highest BCUT2D eigenvalue weighted by atomic mass is 16.6. The smallest absolute Gasteiger partial charge is 0.338 e. The van der Waals surface area contributed by atoms with Crippen molar-refractivity contribution >= 4 is 11.9 Å². The molecule has 0 atom stereocenters. The largest absolute Gasteiger partial charge is 0.462 e. The van der Waals surface area contributed by atoms with Crippen LogP contribution in [0.1, 0.15) is 84.2 Å². The van der Waals surface area contributed by atoms with E-state index in [1.165, 1.54) is 6.42 Å². The van der Waals surface area contributed by atoms with Crippen molar-refractivity contribution < 1.29 is 19.1 Å². The molecule has 216 valence electrons. The molecule has 1 rings (SSSR count). The molecule has 7 nitrogen and oxygen atoms in total. The molecule has 0 heterocycles. The molecule has 0 aliphatic heterocycles. The summed E-state index contributed by atoms with van der Waals surface area (Å²) in [6.45, 7) is 27.7. The average molecular weight is 524 g/mol. The number of benzene rings is 1. The number of nitrogens with zero attached hydrogens (tertiary/aromatic N) is 3. The number of rotatable bonds is 17. The number of hydrogen-bond acceptors (Lipinski definition) is 7. The van der Waals surface area contributed by atoms with Gasteiger partial charge in [0.25, 0.3) is 0 Å². The van der Waals surface area contributed by atoms with Gasteiger partial charge in [-0.1, -0.05) is 79.5 Å². The molecule has 1 aromatic rings. The minimum atomic E-state index is -0.403. The van der Waals surface area contributed by atoms with Crippen LogP contribution in [0.4, 0.5) is 0 Å². The number of carbonyl (C=O) groups is 2. The van der Waals surface area contributed by atoms with Crippen molar-refractivity contribution in [3.8, 4) is 0 Å². The zero-order valence-corrected chi connectivity index (χ0v) is 25.5. The lowest BCUT2D eigenvalue weighted by atomic mass is 10.1. The van der Waals surface area contributed by atoms with Gasteiger partial charge in [0.2, 0.25) is 0 Å². The molecule has 0 unspecified atom stereocenters. The first-order chi connectivity index (χ1) is 17.8. The lowest BCUT2D eigenvalue weighted by molar-refractivity contribution is -0.145. The molecule has 0 saturated carbocycles. The van der Waals surface area contributed by atoms with Crippen molar-refractivity contribution in [1.29, 1.82) is 0 Å². The number of likely N-dealkylation sites (N-methyl/N-ethyl adjacent to an activating group) is 2. The number of carbonyl (C=O) groups excluding carboxylic acids is 2. The van der Waals surface area contributed by atoms with E-state index in [0.29, 0.717) is 18.5 Å². The maximum Gasteiger partial charge on any atom is 0.338 e. The molecule has 37 heavy (non-hydrogen) atoms. The summed E-state index contributed by atoms with van der Waals surface area (Å²) in [6.07, 6.45) is 1.59. The van der Waals surface area contributed by atoms with Crippen LogP contribution < -0.4 is 0 Å². The van der Waals surface area contributed by atoms with Crippen LogP contribution >= 0.6 is 0 Å².